The number of hydrogen-bond acceptors (Lipinski definition) is 3. The van der Waals surface area contributed by atoms with Gasteiger partial charge in [-0.3, -0.25) is 4.79 Å². The fraction of sp³-hybridized carbons (Fsp3) is 0.500. The van der Waals surface area contributed by atoms with Gasteiger partial charge in [-0.25, -0.2) is 0 Å². The second-order valence-corrected chi connectivity index (χ2v) is 4.69. The number of carbonyl (C=O) groups is 1. The van der Waals surface area contributed by atoms with Gasteiger partial charge in [0.15, 0.2) is 5.78 Å². The van der Waals surface area contributed by atoms with Crippen molar-refractivity contribution in [2.45, 2.75) is 19.8 Å². The molecular weight excluding hydrogens is 214 g/mol. The minimum atomic E-state index is 0.116. The van der Waals surface area contributed by atoms with Gasteiger partial charge in [-0.1, -0.05) is 12.1 Å². The maximum atomic E-state index is 11.6. The molecule has 1 aromatic rings. The van der Waals surface area contributed by atoms with Crippen LogP contribution in [0.1, 0.15) is 30.1 Å². The third kappa shape index (κ3) is 2.67. The number of piperidine rings is 1. The van der Waals surface area contributed by atoms with E-state index in [0.29, 0.717) is 5.92 Å². The van der Waals surface area contributed by atoms with Crippen LogP contribution in [0.25, 0.3) is 0 Å². The first-order valence-electron chi connectivity index (χ1n) is 6.18. The Morgan fingerprint density at radius 3 is 2.59 bits per heavy atom. The number of para-hydroxylation sites is 1. The molecule has 3 heteroatoms. The normalized spacial score (nSPS) is 17.2. The third-order valence-electron chi connectivity index (χ3n) is 3.50. The second kappa shape index (κ2) is 5.32. The molecule has 3 nitrogen and oxygen atoms in total. The average molecular weight is 233 g/mol. The molecule has 2 rings (SSSR count). The first-order valence-corrected chi connectivity index (χ1v) is 6.18. The van der Waals surface area contributed by atoms with E-state index in [0.717, 1.165) is 37.2 Å². The van der Waals surface area contributed by atoms with Gasteiger partial charge >= 0.3 is 0 Å². The van der Waals surface area contributed by atoms with E-state index < -0.39 is 0 Å². The number of rotatable bonds is 3. The van der Waals surface area contributed by atoms with Crippen LogP contribution in [0.2, 0.25) is 0 Å². The fourth-order valence-corrected chi connectivity index (χ4v) is 2.40. The van der Waals surface area contributed by atoms with Crippen molar-refractivity contribution in [1.82, 2.24) is 0 Å². The van der Waals surface area contributed by atoms with E-state index in [1.54, 1.807) is 6.92 Å². The number of hydrogen-bond donors (Lipinski definition) is 1. The lowest BCUT2D eigenvalue weighted by Crippen LogP contribution is -2.35. The molecular formula is C14H19NO2. The molecule has 1 aromatic carbocycles. The first-order chi connectivity index (χ1) is 8.22. The van der Waals surface area contributed by atoms with Crippen LogP contribution in [0.15, 0.2) is 24.3 Å². The van der Waals surface area contributed by atoms with Gasteiger partial charge < -0.3 is 10.0 Å². The Morgan fingerprint density at radius 1 is 1.35 bits per heavy atom. The third-order valence-corrected chi connectivity index (χ3v) is 3.50. The van der Waals surface area contributed by atoms with Crippen molar-refractivity contribution < 1.29 is 9.90 Å². The number of anilines is 1. The summed E-state index contributed by atoms with van der Waals surface area (Å²) in [6, 6.07) is 7.77. The molecule has 0 spiro atoms. The molecule has 0 atom stereocenters. The van der Waals surface area contributed by atoms with Gasteiger partial charge in [-0.2, -0.15) is 0 Å². The molecule has 0 aliphatic carbocycles. The quantitative estimate of drug-likeness (QED) is 0.813. The maximum absolute atomic E-state index is 11.6. The molecule has 0 amide bonds. The smallest absolute Gasteiger partial charge is 0.161 e. The van der Waals surface area contributed by atoms with Crippen molar-refractivity contribution in [3.63, 3.8) is 0 Å². The van der Waals surface area contributed by atoms with Gasteiger partial charge in [0.05, 0.1) is 0 Å². The number of aliphatic hydroxyl groups excluding tert-OH is 1. The zero-order valence-corrected chi connectivity index (χ0v) is 10.2. The van der Waals surface area contributed by atoms with Crippen molar-refractivity contribution in [3.05, 3.63) is 29.8 Å². The predicted octanol–water partition coefficient (Wildman–Crippen LogP) is 2.10. The van der Waals surface area contributed by atoms with Crippen LogP contribution in [0.3, 0.4) is 0 Å². The van der Waals surface area contributed by atoms with E-state index in [1.165, 1.54) is 0 Å². The molecule has 92 valence electrons. The Balaban J connectivity index is 2.15. The molecule has 1 saturated heterocycles. The van der Waals surface area contributed by atoms with E-state index in [4.69, 9.17) is 5.11 Å². The summed E-state index contributed by atoms with van der Waals surface area (Å²) in [5.74, 6) is 0.542. The van der Waals surface area contributed by atoms with Crippen molar-refractivity contribution in [2.24, 2.45) is 5.92 Å². The van der Waals surface area contributed by atoms with E-state index >= 15 is 0 Å². The SMILES string of the molecule is CC(=O)c1ccccc1N1CCC(CO)CC1. The average Bonchev–Trinajstić information content (AvgIpc) is 2.39. The fourth-order valence-electron chi connectivity index (χ4n) is 2.40. The first kappa shape index (κ1) is 12.1. The van der Waals surface area contributed by atoms with Crippen LogP contribution in [-0.4, -0.2) is 30.6 Å². The molecule has 1 aliphatic heterocycles. The van der Waals surface area contributed by atoms with Crippen LogP contribution in [0, 0.1) is 5.92 Å². The lowest BCUT2D eigenvalue weighted by atomic mass is 9.96. The van der Waals surface area contributed by atoms with Gasteiger partial charge in [-0.15, -0.1) is 0 Å². The summed E-state index contributed by atoms with van der Waals surface area (Å²) in [4.78, 5) is 13.8. The minimum absolute atomic E-state index is 0.116. The number of nitrogens with zero attached hydrogens (tertiary/aromatic N) is 1. The van der Waals surface area contributed by atoms with E-state index in [2.05, 4.69) is 4.90 Å². The highest BCUT2D eigenvalue weighted by atomic mass is 16.3. The lowest BCUT2D eigenvalue weighted by Gasteiger charge is -2.33. The number of Topliss-reactive ketones (excluding diaryl/α,β-unsaturated/α-hetero) is 1. The Labute approximate surface area is 102 Å². The van der Waals surface area contributed by atoms with Gasteiger partial charge in [0.1, 0.15) is 0 Å². The Morgan fingerprint density at radius 2 is 2.00 bits per heavy atom. The topological polar surface area (TPSA) is 40.5 Å². The van der Waals surface area contributed by atoms with E-state index in [9.17, 15) is 4.79 Å². The largest absolute Gasteiger partial charge is 0.396 e. The molecule has 0 saturated carbocycles. The highest BCUT2D eigenvalue weighted by Gasteiger charge is 2.20. The Kier molecular flexibility index (Phi) is 3.79. The Hall–Kier alpha value is -1.35. The van der Waals surface area contributed by atoms with Crippen LogP contribution in [0.5, 0.6) is 0 Å². The molecule has 0 bridgehead atoms. The van der Waals surface area contributed by atoms with Crippen molar-refractivity contribution in [1.29, 1.82) is 0 Å². The zero-order chi connectivity index (χ0) is 12.3. The number of benzene rings is 1. The summed E-state index contributed by atoms with van der Waals surface area (Å²) in [6.45, 7) is 3.74. The van der Waals surface area contributed by atoms with Gasteiger partial charge in [0.25, 0.3) is 0 Å². The van der Waals surface area contributed by atoms with Crippen molar-refractivity contribution in [3.8, 4) is 0 Å². The van der Waals surface area contributed by atoms with Crippen LogP contribution in [0.4, 0.5) is 5.69 Å². The van der Waals surface area contributed by atoms with Gasteiger partial charge in [-0.05, 0) is 37.8 Å². The van der Waals surface area contributed by atoms with E-state index in [-0.39, 0.29) is 12.4 Å². The Bertz CT molecular complexity index is 395. The second-order valence-electron chi connectivity index (χ2n) is 4.69. The number of aliphatic hydroxyl groups is 1. The zero-order valence-electron chi connectivity index (χ0n) is 10.2. The molecule has 1 heterocycles. The lowest BCUT2D eigenvalue weighted by molar-refractivity contribution is 0.101. The standard InChI is InChI=1S/C14H19NO2/c1-11(17)13-4-2-3-5-14(13)15-8-6-12(10-16)7-9-15/h2-5,12,16H,6-10H2,1H3. The summed E-state index contributed by atoms with van der Waals surface area (Å²) in [5, 5.41) is 9.12. The molecule has 0 unspecified atom stereocenters. The van der Waals surface area contributed by atoms with Crippen molar-refractivity contribution >= 4 is 11.5 Å². The van der Waals surface area contributed by atoms with Gasteiger partial charge in [0, 0.05) is 30.9 Å². The summed E-state index contributed by atoms with van der Waals surface area (Å²) in [5.41, 5.74) is 1.84. The van der Waals surface area contributed by atoms with Crippen LogP contribution in [-0.2, 0) is 0 Å². The highest BCUT2D eigenvalue weighted by Crippen LogP contribution is 2.26. The van der Waals surface area contributed by atoms with Crippen LogP contribution >= 0.6 is 0 Å². The highest BCUT2D eigenvalue weighted by molar-refractivity contribution is 5.99. The number of carbonyl (C=O) groups excluding carboxylic acids is 1. The summed E-state index contributed by atoms with van der Waals surface area (Å²) in [7, 11) is 0. The molecule has 17 heavy (non-hydrogen) atoms. The predicted molar refractivity (Wildman–Crippen MR) is 68.5 cm³/mol. The maximum Gasteiger partial charge on any atom is 0.161 e. The summed E-state index contributed by atoms with van der Waals surface area (Å²) in [6.07, 6.45) is 2.01. The monoisotopic (exact) mass is 233 g/mol. The molecule has 1 aliphatic rings. The number of ketones is 1. The van der Waals surface area contributed by atoms with Crippen LogP contribution < -0.4 is 4.90 Å². The molecule has 1 fully saturated rings. The molecule has 0 radical (unpaired) electrons. The van der Waals surface area contributed by atoms with E-state index in [1.807, 2.05) is 24.3 Å². The minimum Gasteiger partial charge on any atom is -0.396 e. The van der Waals surface area contributed by atoms with Gasteiger partial charge in [0.2, 0.25) is 0 Å². The van der Waals surface area contributed by atoms with Crippen molar-refractivity contribution in [2.75, 3.05) is 24.6 Å². The summed E-state index contributed by atoms with van der Waals surface area (Å²) >= 11 is 0. The molecule has 1 N–H and O–H groups in total. The summed E-state index contributed by atoms with van der Waals surface area (Å²) < 4.78 is 0. The molecule has 0 aromatic heterocycles.